The largest absolute Gasteiger partial charge is 4.00 e. The van der Waals surface area contributed by atoms with Crippen molar-refractivity contribution in [3.05, 3.63) is 37.8 Å². The van der Waals surface area contributed by atoms with Crippen molar-refractivity contribution in [1.82, 2.24) is 0 Å². The Bertz CT molecular complexity index is 78.7. The summed E-state index contributed by atoms with van der Waals surface area (Å²) in [4.78, 5) is 0. The fraction of sp³-hybridized carbons (Fsp3) is 0.333. The predicted molar refractivity (Wildman–Crippen MR) is 38.2 cm³/mol. The average Bonchev–Trinajstić information content (AvgIpc) is 2.29. The van der Waals surface area contributed by atoms with Crippen molar-refractivity contribution < 1.29 is 17.1 Å². The van der Waals surface area contributed by atoms with Crippen LogP contribution in [0.2, 0.25) is 0 Å². The molecule has 2 N–H and O–H groups in total. The van der Waals surface area contributed by atoms with Crippen molar-refractivity contribution >= 4 is 0 Å². The summed E-state index contributed by atoms with van der Waals surface area (Å²) >= 11 is 0. The van der Waals surface area contributed by atoms with Crippen LogP contribution in [0.25, 0.3) is 11.5 Å². The van der Waals surface area contributed by atoms with Gasteiger partial charge in [-0.25, -0.2) is 0 Å². The molecule has 0 saturated carbocycles. The molecule has 0 bridgehead atoms. The quantitative estimate of drug-likeness (QED) is 0.484. The van der Waals surface area contributed by atoms with Crippen LogP contribution in [0.3, 0.4) is 0 Å². The van der Waals surface area contributed by atoms with Crippen molar-refractivity contribution in [3.8, 4) is 0 Å². The van der Waals surface area contributed by atoms with E-state index >= 15 is 0 Å². The van der Waals surface area contributed by atoms with Crippen molar-refractivity contribution in [2.24, 2.45) is 0 Å². The van der Waals surface area contributed by atoms with Gasteiger partial charge in [-0.15, -0.1) is 0 Å². The van der Waals surface area contributed by atoms with Crippen molar-refractivity contribution in [2.45, 2.75) is 0 Å². The van der Waals surface area contributed by atoms with Crippen LogP contribution in [0.4, 0.5) is 0 Å². The fourth-order valence-corrected chi connectivity index (χ4v) is 0. The van der Waals surface area contributed by atoms with Gasteiger partial charge in [0, 0.05) is 0 Å². The van der Waals surface area contributed by atoms with Crippen molar-refractivity contribution in [2.75, 3.05) is 13.1 Å². The number of nitrogens with one attached hydrogen (secondary N) is 2. The number of rotatable bonds is 1. The third kappa shape index (κ3) is 2030. The molecule has 0 amide bonds. The Morgan fingerprint density at radius 1 is 0.615 bits per heavy atom. The van der Waals surface area contributed by atoms with E-state index in [0.717, 1.165) is 0 Å². The molecule has 0 saturated heterocycles. The van der Waals surface area contributed by atoms with Crippen LogP contribution in [0.15, 0.2) is 0 Å². The summed E-state index contributed by atoms with van der Waals surface area (Å²) in [5.41, 5.74) is 12.5. The van der Waals surface area contributed by atoms with Gasteiger partial charge in [0.25, 0.3) is 0 Å². The van der Waals surface area contributed by atoms with Gasteiger partial charge in [0.05, 0.1) is 0 Å². The molecule has 0 radical (unpaired) electrons. The molecule has 0 aliphatic rings. The minimum atomic E-state index is 0. The van der Waals surface area contributed by atoms with E-state index in [4.69, 9.17) is 58.8 Å². The Labute approximate surface area is 89.4 Å². The molecule has 70 valence electrons. The minimum Gasteiger partial charge on any atom is -0.679 e. The van der Waals surface area contributed by atoms with Gasteiger partial charge in [-0.3, -0.25) is 0 Å². The maximum Gasteiger partial charge on any atom is 4.00 e. The molecule has 0 heterocycles. The van der Waals surface area contributed by atoms with E-state index in [2.05, 4.69) is 0 Å². The average molecular weight is 218 g/mol. The normalized spacial score (nSPS) is 2.92. The molecule has 0 aromatic heterocycles. The smallest absolute Gasteiger partial charge is 0.679 e. The first-order valence-electron chi connectivity index (χ1n) is 2.10. The molecule has 0 unspecified atom stereocenters. The maximum absolute atomic E-state index is 6.26. The molecular weight excluding hydrogens is 212 g/mol. The monoisotopic (exact) mass is 218 g/mol. The minimum absolute atomic E-state index is 0. The number of hydrogen-bond acceptors (Lipinski definition) is 4. The second-order valence-corrected chi connectivity index (χ2v) is 0.500. The second-order valence-electron chi connectivity index (χ2n) is 0.500. The van der Waals surface area contributed by atoms with Crippen LogP contribution >= 0.6 is 0 Å². The van der Waals surface area contributed by atoms with Gasteiger partial charge < -0.3 is 58.8 Å². The number of nitrogens with zero attached hydrogens (tertiary/aromatic N) is 4. The van der Waals surface area contributed by atoms with Gasteiger partial charge in [-0.05, 0) is 0 Å². The SMILES string of the molecule is [C-]#N.[C-]#N.[C-]#N.[C-]#N.[Fe+4].[NH-]CC[NH-]. The van der Waals surface area contributed by atoms with Gasteiger partial charge in [-0.2, -0.15) is 13.1 Å². The van der Waals surface area contributed by atoms with Gasteiger partial charge in [0.1, 0.15) is 0 Å². The first-order chi connectivity index (χ1) is 5.91. The third-order valence-electron chi connectivity index (χ3n) is 0.125. The summed E-state index contributed by atoms with van der Waals surface area (Å²) in [5, 5.41) is 25.0. The summed E-state index contributed by atoms with van der Waals surface area (Å²) in [6.45, 7) is 19.5. The zero-order chi connectivity index (χ0) is 11.4. The van der Waals surface area contributed by atoms with Crippen LogP contribution in [-0.2, 0) is 17.1 Å². The molecule has 0 rings (SSSR count). The molecule has 0 aliphatic heterocycles. The first-order valence-corrected chi connectivity index (χ1v) is 2.10. The number of hydrogen-bond donors (Lipinski definition) is 0. The van der Waals surface area contributed by atoms with Crippen LogP contribution in [0.1, 0.15) is 0 Å². The summed E-state index contributed by atoms with van der Waals surface area (Å²) in [6.07, 6.45) is 0. The maximum atomic E-state index is 6.26. The summed E-state index contributed by atoms with van der Waals surface area (Å²) < 4.78 is 0. The molecule has 13 heavy (non-hydrogen) atoms. The van der Waals surface area contributed by atoms with Crippen LogP contribution in [0.5, 0.6) is 0 Å². The van der Waals surface area contributed by atoms with E-state index < -0.39 is 0 Å². The van der Waals surface area contributed by atoms with E-state index in [9.17, 15) is 0 Å². The topological polar surface area (TPSA) is 143 Å². The Balaban J connectivity index is -0.0000000122. The van der Waals surface area contributed by atoms with Crippen LogP contribution in [0, 0.1) is 47.3 Å². The Morgan fingerprint density at radius 2 is 0.692 bits per heavy atom. The molecule has 6 nitrogen and oxygen atoms in total. The van der Waals surface area contributed by atoms with Crippen molar-refractivity contribution in [3.63, 3.8) is 0 Å². The third-order valence-corrected chi connectivity index (χ3v) is 0.125. The molecule has 0 aromatic rings. The molecule has 0 aliphatic carbocycles. The molecule has 0 fully saturated rings. The predicted octanol–water partition coefficient (Wildman–Crippen LogP) is 1.47. The zero-order valence-corrected chi connectivity index (χ0v) is 7.66. The Hall–Kier alpha value is -1.60. The van der Waals surface area contributed by atoms with Gasteiger partial charge >= 0.3 is 17.1 Å². The fourth-order valence-electron chi connectivity index (χ4n) is 0. The first kappa shape index (κ1) is 42.3. The van der Waals surface area contributed by atoms with Crippen molar-refractivity contribution in [1.29, 1.82) is 21.0 Å². The Morgan fingerprint density at radius 3 is 0.692 bits per heavy atom. The summed E-state index contributed by atoms with van der Waals surface area (Å²) in [7, 11) is 0. The second kappa shape index (κ2) is 5760. The summed E-state index contributed by atoms with van der Waals surface area (Å²) in [6, 6.07) is 0. The Kier molecular flexibility index (Phi) is 18700. The van der Waals surface area contributed by atoms with Gasteiger partial charge in [-0.1, -0.05) is 0 Å². The zero-order valence-electron chi connectivity index (χ0n) is 6.56. The van der Waals surface area contributed by atoms with E-state index in [-0.39, 0.29) is 30.2 Å². The van der Waals surface area contributed by atoms with Crippen LogP contribution in [-0.4, -0.2) is 13.1 Å². The van der Waals surface area contributed by atoms with E-state index in [1.54, 1.807) is 0 Å². The standard InChI is InChI=1S/C2H6N2.4CN.Fe/c3-1-2-4;4*1-2;/h3-4H,1-2H2;;;;;/q-2;4*-1;+4. The van der Waals surface area contributed by atoms with E-state index in [0.29, 0.717) is 0 Å². The molecular formula is C6H6FeN6-2. The van der Waals surface area contributed by atoms with E-state index in [1.165, 1.54) is 0 Å². The van der Waals surface area contributed by atoms with Gasteiger partial charge in [0.2, 0.25) is 0 Å². The molecule has 0 spiro atoms. The molecule has 0 atom stereocenters. The van der Waals surface area contributed by atoms with E-state index in [1.807, 2.05) is 0 Å². The molecule has 0 aromatic carbocycles. The van der Waals surface area contributed by atoms with Gasteiger partial charge in [0.15, 0.2) is 0 Å². The molecule has 7 heteroatoms. The van der Waals surface area contributed by atoms with Crippen LogP contribution < -0.4 is 0 Å². The summed E-state index contributed by atoms with van der Waals surface area (Å²) in [5.74, 6) is 0.